The van der Waals surface area contributed by atoms with Gasteiger partial charge in [-0.2, -0.15) is 0 Å². The fourth-order valence-electron chi connectivity index (χ4n) is 4.55. The molecule has 8 nitrogen and oxygen atoms in total. The van der Waals surface area contributed by atoms with Crippen LogP contribution in [0.5, 0.6) is 11.5 Å². The summed E-state index contributed by atoms with van der Waals surface area (Å²) < 4.78 is 26.8. The second-order valence-corrected chi connectivity index (χ2v) is 8.59. The van der Waals surface area contributed by atoms with E-state index in [1.165, 1.54) is 24.1 Å². The maximum absolute atomic E-state index is 14.1. The Balaban J connectivity index is 1.55. The third-order valence-electron chi connectivity index (χ3n) is 6.28. The predicted octanol–water partition coefficient (Wildman–Crippen LogP) is 4.52. The molecule has 0 spiro atoms. The first kappa shape index (κ1) is 25.1. The number of ether oxygens (including phenoxy) is 2. The maximum Gasteiger partial charge on any atom is 0.322 e. The van der Waals surface area contributed by atoms with Gasteiger partial charge in [0.15, 0.2) is 0 Å². The van der Waals surface area contributed by atoms with E-state index in [9.17, 15) is 14.0 Å². The van der Waals surface area contributed by atoms with E-state index < -0.39 is 12.1 Å². The standard InChI is InChI=1S/C27H31FN4O4/c1-4-12-31(27(34)29-22-11-10-21(35-2)17-24(22)36-3)18-25(33)32-15-14-30-13-6-9-23(30)26(32)19-7-5-8-20(28)16-19/h5-11,13,16-17,26H,4,12,14-15,18H2,1-3H3,(H,29,34)/t26-/m0/s1. The van der Waals surface area contributed by atoms with Crippen molar-refractivity contribution in [3.05, 3.63) is 77.9 Å². The molecular weight excluding hydrogens is 463 g/mol. The monoisotopic (exact) mass is 494 g/mol. The van der Waals surface area contributed by atoms with E-state index in [1.54, 1.807) is 36.3 Å². The first-order valence-corrected chi connectivity index (χ1v) is 11.9. The molecule has 1 N–H and O–H groups in total. The van der Waals surface area contributed by atoms with Crippen molar-refractivity contribution in [2.45, 2.75) is 25.9 Å². The molecule has 0 saturated carbocycles. The fraction of sp³-hybridized carbons (Fsp3) is 0.333. The molecule has 0 saturated heterocycles. The summed E-state index contributed by atoms with van der Waals surface area (Å²) in [7, 11) is 3.06. The first-order valence-electron chi connectivity index (χ1n) is 11.9. The SMILES string of the molecule is CCCN(CC(=O)N1CCn2cccc2[C@@H]1c1cccc(F)c1)C(=O)Nc1ccc(OC)cc1OC. The summed E-state index contributed by atoms with van der Waals surface area (Å²) in [5.74, 6) is 0.489. The molecule has 1 aromatic heterocycles. The summed E-state index contributed by atoms with van der Waals surface area (Å²) in [4.78, 5) is 30.0. The summed E-state index contributed by atoms with van der Waals surface area (Å²) in [6.07, 6.45) is 2.64. The molecule has 9 heteroatoms. The van der Waals surface area contributed by atoms with Crippen molar-refractivity contribution in [3.8, 4) is 11.5 Å². The van der Waals surface area contributed by atoms with Gasteiger partial charge in [0.05, 0.1) is 25.9 Å². The van der Waals surface area contributed by atoms with Crippen molar-refractivity contribution in [2.24, 2.45) is 0 Å². The van der Waals surface area contributed by atoms with Gasteiger partial charge in [-0.3, -0.25) is 4.79 Å². The minimum Gasteiger partial charge on any atom is -0.497 e. The number of methoxy groups -OCH3 is 2. The number of nitrogens with zero attached hydrogens (tertiary/aromatic N) is 3. The van der Waals surface area contributed by atoms with Gasteiger partial charge in [0.1, 0.15) is 23.9 Å². The lowest BCUT2D eigenvalue weighted by molar-refractivity contribution is -0.134. The number of hydrogen-bond acceptors (Lipinski definition) is 4. The number of hydrogen-bond donors (Lipinski definition) is 1. The van der Waals surface area contributed by atoms with Crippen LogP contribution in [0.25, 0.3) is 0 Å². The van der Waals surface area contributed by atoms with E-state index in [0.717, 1.165) is 5.69 Å². The van der Waals surface area contributed by atoms with Crippen LogP contribution in [0.2, 0.25) is 0 Å². The minimum absolute atomic E-state index is 0.106. The Morgan fingerprint density at radius 2 is 1.92 bits per heavy atom. The highest BCUT2D eigenvalue weighted by Gasteiger charge is 2.33. The molecule has 1 aliphatic rings. The summed E-state index contributed by atoms with van der Waals surface area (Å²) in [6, 6.07) is 14.4. The largest absolute Gasteiger partial charge is 0.497 e. The summed E-state index contributed by atoms with van der Waals surface area (Å²) in [6.45, 7) is 3.32. The molecule has 0 fully saturated rings. The van der Waals surface area contributed by atoms with Gasteiger partial charge < -0.3 is 29.2 Å². The molecule has 1 aliphatic heterocycles. The highest BCUT2D eigenvalue weighted by atomic mass is 19.1. The molecule has 1 atom stereocenters. The molecule has 0 radical (unpaired) electrons. The van der Waals surface area contributed by atoms with Crippen LogP contribution in [-0.2, 0) is 11.3 Å². The van der Waals surface area contributed by atoms with Crippen LogP contribution in [0.4, 0.5) is 14.9 Å². The summed E-state index contributed by atoms with van der Waals surface area (Å²) >= 11 is 0. The van der Waals surface area contributed by atoms with Crippen molar-refractivity contribution < 1.29 is 23.5 Å². The molecule has 0 bridgehead atoms. The number of urea groups is 1. The lowest BCUT2D eigenvalue weighted by atomic mass is 9.99. The molecule has 4 rings (SSSR count). The first-order chi connectivity index (χ1) is 17.4. The van der Waals surface area contributed by atoms with Crippen LogP contribution in [0.3, 0.4) is 0 Å². The average Bonchev–Trinajstić information content (AvgIpc) is 3.37. The van der Waals surface area contributed by atoms with Crippen molar-refractivity contribution in [2.75, 3.05) is 39.2 Å². The zero-order valence-electron chi connectivity index (χ0n) is 20.7. The number of aromatic nitrogens is 1. The molecule has 0 unspecified atom stereocenters. The number of carbonyl (C=O) groups is 2. The number of anilines is 1. The molecule has 0 aliphatic carbocycles. The number of nitrogens with one attached hydrogen (secondary N) is 1. The lowest BCUT2D eigenvalue weighted by Gasteiger charge is -2.38. The Bertz CT molecular complexity index is 1230. The van der Waals surface area contributed by atoms with Crippen LogP contribution in [0.15, 0.2) is 60.8 Å². The number of rotatable bonds is 8. The van der Waals surface area contributed by atoms with Gasteiger partial charge in [-0.05, 0) is 48.4 Å². The third-order valence-corrected chi connectivity index (χ3v) is 6.28. The molecule has 3 amide bonds. The smallest absolute Gasteiger partial charge is 0.322 e. The average molecular weight is 495 g/mol. The van der Waals surface area contributed by atoms with Crippen LogP contribution < -0.4 is 14.8 Å². The molecule has 3 aromatic rings. The molecular formula is C27H31FN4O4. The van der Waals surface area contributed by atoms with Gasteiger partial charge in [0.25, 0.3) is 0 Å². The van der Waals surface area contributed by atoms with E-state index in [4.69, 9.17) is 9.47 Å². The summed E-state index contributed by atoms with van der Waals surface area (Å²) in [5, 5.41) is 2.85. The maximum atomic E-state index is 14.1. The Morgan fingerprint density at radius 3 is 2.64 bits per heavy atom. The topological polar surface area (TPSA) is 76.0 Å². The van der Waals surface area contributed by atoms with Crippen molar-refractivity contribution in [1.82, 2.24) is 14.4 Å². The Morgan fingerprint density at radius 1 is 1.08 bits per heavy atom. The molecule has 36 heavy (non-hydrogen) atoms. The molecule has 2 heterocycles. The van der Waals surface area contributed by atoms with Crippen molar-refractivity contribution in [3.63, 3.8) is 0 Å². The quantitative estimate of drug-likeness (QED) is 0.500. The van der Waals surface area contributed by atoms with Gasteiger partial charge in [0.2, 0.25) is 5.91 Å². The van der Waals surface area contributed by atoms with E-state index in [-0.39, 0.29) is 18.3 Å². The van der Waals surface area contributed by atoms with E-state index in [0.29, 0.717) is 48.8 Å². The van der Waals surface area contributed by atoms with Crippen molar-refractivity contribution in [1.29, 1.82) is 0 Å². The van der Waals surface area contributed by atoms with Crippen molar-refractivity contribution >= 4 is 17.6 Å². The lowest BCUT2D eigenvalue weighted by Crippen LogP contribution is -2.48. The van der Waals surface area contributed by atoms with Crippen LogP contribution >= 0.6 is 0 Å². The van der Waals surface area contributed by atoms with E-state index in [2.05, 4.69) is 9.88 Å². The predicted molar refractivity (Wildman–Crippen MR) is 135 cm³/mol. The van der Waals surface area contributed by atoms with Gasteiger partial charge >= 0.3 is 6.03 Å². The van der Waals surface area contributed by atoms with Crippen LogP contribution in [0, 0.1) is 5.82 Å². The van der Waals surface area contributed by atoms with E-state index in [1.807, 2.05) is 31.3 Å². The number of fused-ring (bicyclic) bond motifs is 1. The number of amides is 3. The number of halogens is 1. The number of carbonyl (C=O) groups excluding carboxylic acids is 2. The summed E-state index contributed by atoms with van der Waals surface area (Å²) in [5.41, 5.74) is 2.08. The van der Waals surface area contributed by atoms with Crippen LogP contribution in [-0.4, -0.2) is 60.2 Å². The zero-order chi connectivity index (χ0) is 25.7. The molecule has 190 valence electrons. The highest BCUT2D eigenvalue weighted by Crippen LogP contribution is 2.33. The minimum atomic E-state index is -0.440. The zero-order valence-corrected chi connectivity index (χ0v) is 20.7. The third kappa shape index (κ3) is 5.30. The van der Waals surface area contributed by atoms with Gasteiger partial charge in [-0.25, -0.2) is 9.18 Å². The highest BCUT2D eigenvalue weighted by molar-refractivity contribution is 5.94. The second kappa shape index (κ2) is 11.2. The number of benzene rings is 2. The molecule has 2 aromatic carbocycles. The fourth-order valence-corrected chi connectivity index (χ4v) is 4.55. The van der Waals surface area contributed by atoms with Gasteiger partial charge in [-0.15, -0.1) is 0 Å². The van der Waals surface area contributed by atoms with Gasteiger partial charge in [-0.1, -0.05) is 19.1 Å². The Labute approximate surface area is 210 Å². The Hall–Kier alpha value is -4.01. The van der Waals surface area contributed by atoms with Crippen LogP contribution in [0.1, 0.15) is 30.6 Å². The van der Waals surface area contributed by atoms with E-state index >= 15 is 0 Å². The second-order valence-electron chi connectivity index (χ2n) is 8.59. The Kier molecular flexibility index (Phi) is 7.77. The normalized spacial score (nSPS) is 14.7. The van der Waals surface area contributed by atoms with Gasteiger partial charge in [0, 0.05) is 37.6 Å².